The van der Waals surface area contributed by atoms with Gasteiger partial charge in [0.1, 0.15) is 5.69 Å². The first-order chi connectivity index (χ1) is 7.63. The molecule has 1 rings (SSSR count). The van der Waals surface area contributed by atoms with Crippen LogP contribution in [0.5, 0.6) is 0 Å². The molecule has 1 heterocycles. The van der Waals surface area contributed by atoms with Crippen LogP contribution in [0.3, 0.4) is 0 Å². The van der Waals surface area contributed by atoms with E-state index in [0.717, 1.165) is 6.42 Å². The van der Waals surface area contributed by atoms with Crippen LogP contribution in [0.15, 0.2) is 18.3 Å². The summed E-state index contributed by atoms with van der Waals surface area (Å²) in [6.45, 7) is 2.80. The predicted octanol–water partition coefficient (Wildman–Crippen LogP) is 2.61. The topological polar surface area (TPSA) is 42.0 Å². The Kier molecular flexibility index (Phi) is 5.63. The highest BCUT2D eigenvalue weighted by molar-refractivity contribution is 7.99. The third-order valence-electron chi connectivity index (χ3n) is 2.19. The Morgan fingerprint density at radius 1 is 1.69 bits per heavy atom. The maximum atomic E-state index is 11.6. The van der Waals surface area contributed by atoms with E-state index in [4.69, 9.17) is 11.6 Å². The van der Waals surface area contributed by atoms with Crippen molar-refractivity contribution in [3.05, 3.63) is 29.0 Å². The number of aromatic nitrogens is 1. The fourth-order valence-electron chi connectivity index (χ4n) is 1.13. The first-order valence-electron chi connectivity index (χ1n) is 5.06. The van der Waals surface area contributed by atoms with Gasteiger partial charge in [-0.3, -0.25) is 9.78 Å². The fourth-order valence-corrected chi connectivity index (χ4v) is 1.64. The standard InChI is InChI=1S/C11H15ClN2OS/c1-8(16-2)3-5-14-11(15)10-7-9(12)4-6-13-10/h4,6-8H,3,5H2,1-2H3,(H,14,15). The molecule has 16 heavy (non-hydrogen) atoms. The first kappa shape index (κ1) is 13.3. The van der Waals surface area contributed by atoms with Crippen molar-refractivity contribution in [1.29, 1.82) is 0 Å². The number of nitrogens with one attached hydrogen (secondary N) is 1. The van der Waals surface area contributed by atoms with Crippen molar-refractivity contribution < 1.29 is 4.79 Å². The van der Waals surface area contributed by atoms with Crippen LogP contribution >= 0.6 is 23.4 Å². The van der Waals surface area contributed by atoms with Gasteiger partial charge in [-0.05, 0) is 24.8 Å². The zero-order valence-electron chi connectivity index (χ0n) is 9.37. The summed E-state index contributed by atoms with van der Waals surface area (Å²) in [4.78, 5) is 15.6. The summed E-state index contributed by atoms with van der Waals surface area (Å²) in [6, 6.07) is 3.21. The van der Waals surface area contributed by atoms with Gasteiger partial charge in [0.2, 0.25) is 0 Å². The first-order valence-corrected chi connectivity index (χ1v) is 6.72. The van der Waals surface area contributed by atoms with E-state index in [0.29, 0.717) is 22.5 Å². The SMILES string of the molecule is CSC(C)CCNC(=O)c1cc(Cl)ccn1. The molecule has 0 spiro atoms. The van der Waals surface area contributed by atoms with Crippen molar-refractivity contribution in [3.8, 4) is 0 Å². The molecule has 1 amide bonds. The molecule has 0 aliphatic carbocycles. The third-order valence-corrected chi connectivity index (χ3v) is 3.47. The number of pyridine rings is 1. The number of carbonyl (C=O) groups excluding carboxylic acids is 1. The molecule has 0 fully saturated rings. The summed E-state index contributed by atoms with van der Waals surface area (Å²) < 4.78 is 0. The van der Waals surface area contributed by atoms with E-state index in [1.807, 2.05) is 0 Å². The smallest absolute Gasteiger partial charge is 0.269 e. The lowest BCUT2D eigenvalue weighted by Gasteiger charge is -2.08. The number of halogens is 1. The second-order valence-electron chi connectivity index (χ2n) is 3.45. The summed E-state index contributed by atoms with van der Waals surface area (Å²) in [6.07, 6.45) is 4.54. The van der Waals surface area contributed by atoms with Gasteiger partial charge in [-0.2, -0.15) is 11.8 Å². The molecule has 1 atom stereocenters. The minimum atomic E-state index is -0.171. The summed E-state index contributed by atoms with van der Waals surface area (Å²) in [5.74, 6) is -0.171. The number of carbonyl (C=O) groups is 1. The van der Waals surface area contributed by atoms with Crippen molar-refractivity contribution in [1.82, 2.24) is 10.3 Å². The van der Waals surface area contributed by atoms with Crippen molar-refractivity contribution in [3.63, 3.8) is 0 Å². The van der Waals surface area contributed by atoms with E-state index in [9.17, 15) is 4.79 Å². The number of hydrogen-bond acceptors (Lipinski definition) is 3. The zero-order valence-corrected chi connectivity index (χ0v) is 10.9. The molecule has 0 bridgehead atoms. The minimum absolute atomic E-state index is 0.171. The van der Waals surface area contributed by atoms with Crippen LogP contribution in [0.2, 0.25) is 5.02 Å². The molecule has 1 aromatic heterocycles. The highest BCUT2D eigenvalue weighted by Gasteiger charge is 2.07. The Morgan fingerprint density at radius 3 is 3.06 bits per heavy atom. The van der Waals surface area contributed by atoms with Crippen molar-refractivity contribution in [2.75, 3.05) is 12.8 Å². The van der Waals surface area contributed by atoms with Gasteiger partial charge in [0, 0.05) is 23.0 Å². The van der Waals surface area contributed by atoms with E-state index in [2.05, 4.69) is 23.5 Å². The molecule has 0 aliphatic heterocycles. The normalized spacial score (nSPS) is 12.2. The fraction of sp³-hybridized carbons (Fsp3) is 0.455. The van der Waals surface area contributed by atoms with E-state index in [1.165, 1.54) is 6.20 Å². The highest BCUT2D eigenvalue weighted by Crippen LogP contribution is 2.09. The minimum Gasteiger partial charge on any atom is -0.351 e. The van der Waals surface area contributed by atoms with Gasteiger partial charge in [0.15, 0.2) is 0 Å². The maximum absolute atomic E-state index is 11.6. The van der Waals surface area contributed by atoms with Crippen LogP contribution in [0.25, 0.3) is 0 Å². The highest BCUT2D eigenvalue weighted by atomic mass is 35.5. The van der Waals surface area contributed by atoms with E-state index >= 15 is 0 Å². The molecule has 0 radical (unpaired) electrons. The van der Waals surface area contributed by atoms with Crippen LogP contribution in [0, 0.1) is 0 Å². The molecular weight excluding hydrogens is 244 g/mol. The molecular formula is C11H15ClN2OS. The Hall–Kier alpha value is -0.740. The third kappa shape index (κ3) is 4.41. The summed E-state index contributed by atoms with van der Waals surface area (Å²) >= 11 is 7.56. The molecule has 0 aliphatic rings. The zero-order chi connectivity index (χ0) is 12.0. The summed E-state index contributed by atoms with van der Waals surface area (Å²) in [7, 11) is 0. The number of nitrogens with zero attached hydrogens (tertiary/aromatic N) is 1. The van der Waals surface area contributed by atoms with Crippen molar-refractivity contribution in [2.24, 2.45) is 0 Å². The van der Waals surface area contributed by atoms with Gasteiger partial charge in [-0.15, -0.1) is 0 Å². The van der Waals surface area contributed by atoms with Gasteiger partial charge in [-0.25, -0.2) is 0 Å². The second-order valence-corrected chi connectivity index (χ2v) is 5.16. The van der Waals surface area contributed by atoms with E-state index < -0.39 is 0 Å². The Morgan fingerprint density at radius 2 is 2.44 bits per heavy atom. The number of rotatable bonds is 5. The molecule has 1 N–H and O–H groups in total. The summed E-state index contributed by atoms with van der Waals surface area (Å²) in [5.41, 5.74) is 0.365. The Bertz CT molecular complexity index is 360. The predicted molar refractivity (Wildman–Crippen MR) is 69.2 cm³/mol. The molecule has 1 unspecified atom stereocenters. The Labute approximate surface area is 105 Å². The lowest BCUT2D eigenvalue weighted by Crippen LogP contribution is -2.26. The largest absolute Gasteiger partial charge is 0.351 e. The average Bonchev–Trinajstić information content (AvgIpc) is 2.28. The molecule has 88 valence electrons. The molecule has 1 aromatic rings. The monoisotopic (exact) mass is 258 g/mol. The molecule has 0 saturated carbocycles. The average molecular weight is 259 g/mol. The van der Waals surface area contributed by atoms with Crippen LogP contribution in [0.1, 0.15) is 23.8 Å². The van der Waals surface area contributed by atoms with Crippen LogP contribution in [0.4, 0.5) is 0 Å². The second kappa shape index (κ2) is 6.76. The van der Waals surface area contributed by atoms with Crippen molar-refractivity contribution >= 4 is 29.3 Å². The number of amides is 1. The number of hydrogen-bond donors (Lipinski definition) is 1. The van der Waals surface area contributed by atoms with Gasteiger partial charge in [0.05, 0.1) is 0 Å². The van der Waals surface area contributed by atoms with Crippen molar-refractivity contribution in [2.45, 2.75) is 18.6 Å². The van der Waals surface area contributed by atoms with Gasteiger partial charge in [0.25, 0.3) is 5.91 Å². The lowest BCUT2D eigenvalue weighted by atomic mass is 10.3. The van der Waals surface area contributed by atoms with E-state index in [1.54, 1.807) is 23.9 Å². The lowest BCUT2D eigenvalue weighted by molar-refractivity contribution is 0.0948. The van der Waals surface area contributed by atoms with Crippen LogP contribution < -0.4 is 5.32 Å². The van der Waals surface area contributed by atoms with Gasteiger partial charge >= 0.3 is 0 Å². The van der Waals surface area contributed by atoms with Gasteiger partial charge < -0.3 is 5.32 Å². The van der Waals surface area contributed by atoms with Gasteiger partial charge in [-0.1, -0.05) is 18.5 Å². The number of thioether (sulfide) groups is 1. The quantitative estimate of drug-likeness (QED) is 0.883. The molecule has 0 saturated heterocycles. The maximum Gasteiger partial charge on any atom is 0.269 e. The molecule has 3 nitrogen and oxygen atoms in total. The molecule has 5 heteroatoms. The summed E-state index contributed by atoms with van der Waals surface area (Å²) in [5, 5.41) is 3.89. The van der Waals surface area contributed by atoms with Crippen LogP contribution in [-0.4, -0.2) is 28.9 Å². The molecule has 0 aromatic carbocycles. The van der Waals surface area contributed by atoms with Crippen LogP contribution in [-0.2, 0) is 0 Å². The van der Waals surface area contributed by atoms with E-state index in [-0.39, 0.29) is 5.91 Å². The Balaban J connectivity index is 2.41.